The van der Waals surface area contributed by atoms with E-state index in [-0.39, 0.29) is 0 Å². The topological polar surface area (TPSA) is 15.3 Å². The summed E-state index contributed by atoms with van der Waals surface area (Å²) in [6.45, 7) is 8.02. The summed E-state index contributed by atoms with van der Waals surface area (Å²) < 4.78 is 0. The van der Waals surface area contributed by atoms with E-state index in [1.54, 1.807) is 0 Å². The number of halogens is 2. The van der Waals surface area contributed by atoms with Gasteiger partial charge in [0, 0.05) is 18.6 Å². The molecule has 1 aromatic carbocycles. The van der Waals surface area contributed by atoms with Crippen molar-refractivity contribution in [3.8, 4) is 0 Å². The highest BCUT2D eigenvalue weighted by Gasteiger charge is 2.18. The van der Waals surface area contributed by atoms with E-state index in [1.807, 2.05) is 12.1 Å². The molecule has 1 heterocycles. The molecule has 0 amide bonds. The molecule has 1 aromatic rings. The number of hydrogen-bond acceptors (Lipinski definition) is 2. The maximum absolute atomic E-state index is 6.13. The van der Waals surface area contributed by atoms with Gasteiger partial charge in [-0.05, 0) is 57.0 Å². The minimum Gasteiger partial charge on any atom is -0.308 e. The van der Waals surface area contributed by atoms with E-state index in [4.69, 9.17) is 23.2 Å². The van der Waals surface area contributed by atoms with E-state index in [0.717, 1.165) is 13.0 Å². The Morgan fingerprint density at radius 2 is 1.86 bits per heavy atom. The van der Waals surface area contributed by atoms with Crippen LogP contribution in [0.15, 0.2) is 18.2 Å². The largest absolute Gasteiger partial charge is 0.308 e. The molecule has 1 saturated heterocycles. The summed E-state index contributed by atoms with van der Waals surface area (Å²) in [4.78, 5) is 2.60. The Morgan fingerprint density at radius 3 is 2.48 bits per heavy atom. The molecule has 0 aromatic heterocycles. The third kappa shape index (κ3) is 4.85. The minimum atomic E-state index is 0.340. The molecule has 2 atom stereocenters. The number of nitrogens with zero attached hydrogens (tertiary/aromatic N) is 1. The highest BCUT2D eigenvalue weighted by Crippen LogP contribution is 2.27. The van der Waals surface area contributed by atoms with Crippen LogP contribution in [-0.4, -0.2) is 30.6 Å². The second-order valence-electron chi connectivity index (χ2n) is 5.99. The molecule has 1 aliphatic heterocycles. The lowest BCUT2D eigenvalue weighted by atomic mass is 10.0. The molecular formula is C17H26Cl2N2. The summed E-state index contributed by atoms with van der Waals surface area (Å²) in [6.07, 6.45) is 5.12. The van der Waals surface area contributed by atoms with Gasteiger partial charge >= 0.3 is 0 Å². The van der Waals surface area contributed by atoms with E-state index < -0.39 is 0 Å². The fourth-order valence-electron chi connectivity index (χ4n) is 3.03. The Kier molecular flexibility index (Phi) is 6.81. The fourth-order valence-corrected chi connectivity index (χ4v) is 3.33. The van der Waals surface area contributed by atoms with Gasteiger partial charge in [-0.15, -0.1) is 0 Å². The van der Waals surface area contributed by atoms with Crippen LogP contribution in [0.1, 0.15) is 51.1 Å². The molecule has 1 N–H and O–H groups in total. The smallest absolute Gasteiger partial charge is 0.0595 e. The van der Waals surface area contributed by atoms with Crippen molar-refractivity contribution in [1.29, 1.82) is 0 Å². The van der Waals surface area contributed by atoms with E-state index in [1.165, 1.54) is 37.9 Å². The predicted octanol–water partition coefficient (Wildman–Crippen LogP) is 4.91. The van der Waals surface area contributed by atoms with Crippen LogP contribution in [0.2, 0.25) is 10.0 Å². The molecule has 1 fully saturated rings. The minimum absolute atomic E-state index is 0.340. The van der Waals surface area contributed by atoms with Crippen molar-refractivity contribution in [2.45, 2.75) is 51.6 Å². The molecule has 0 spiro atoms. The maximum Gasteiger partial charge on any atom is 0.0595 e. The van der Waals surface area contributed by atoms with Gasteiger partial charge in [0.25, 0.3) is 0 Å². The average Bonchev–Trinajstić information content (AvgIpc) is 2.52. The first kappa shape index (κ1) is 17.1. The summed E-state index contributed by atoms with van der Waals surface area (Å²) in [7, 11) is 0. The third-order valence-electron chi connectivity index (χ3n) is 4.43. The van der Waals surface area contributed by atoms with Gasteiger partial charge in [-0.25, -0.2) is 0 Å². The van der Waals surface area contributed by atoms with Gasteiger partial charge in [-0.2, -0.15) is 0 Å². The van der Waals surface area contributed by atoms with Crippen molar-refractivity contribution in [3.05, 3.63) is 33.8 Å². The highest BCUT2D eigenvalue weighted by atomic mass is 35.5. The van der Waals surface area contributed by atoms with Crippen LogP contribution in [0.3, 0.4) is 0 Å². The first-order chi connectivity index (χ1) is 10.1. The number of piperidine rings is 1. The fraction of sp³-hybridized carbons (Fsp3) is 0.647. The van der Waals surface area contributed by atoms with Crippen LogP contribution in [-0.2, 0) is 0 Å². The normalized spacial score (nSPS) is 19.4. The summed E-state index contributed by atoms with van der Waals surface area (Å²) in [6, 6.07) is 6.86. The molecule has 0 saturated carbocycles. The van der Waals surface area contributed by atoms with Crippen molar-refractivity contribution >= 4 is 23.2 Å². The van der Waals surface area contributed by atoms with E-state index in [0.29, 0.717) is 22.1 Å². The first-order valence-corrected chi connectivity index (χ1v) is 8.79. The zero-order valence-corrected chi connectivity index (χ0v) is 14.6. The molecule has 4 heteroatoms. The van der Waals surface area contributed by atoms with Crippen LogP contribution >= 0.6 is 23.2 Å². The number of benzene rings is 1. The predicted molar refractivity (Wildman–Crippen MR) is 92.4 cm³/mol. The van der Waals surface area contributed by atoms with Crippen LogP contribution in [0, 0.1) is 0 Å². The number of likely N-dealkylation sites (tertiary alicyclic amines) is 1. The molecule has 1 aliphatic rings. The Labute approximate surface area is 138 Å². The van der Waals surface area contributed by atoms with Crippen LogP contribution in [0.5, 0.6) is 0 Å². The van der Waals surface area contributed by atoms with E-state index >= 15 is 0 Å². The molecule has 118 valence electrons. The van der Waals surface area contributed by atoms with Crippen LogP contribution in [0.25, 0.3) is 0 Å². The Hall–Kier alpha value is -0.280. The van der Waals surface area contributed by atoms with Gasteiger partial charge < -0.3 is 5.32 Å². The average molecular weight is 329 g/mol. The molecule has 0 radical (unpaired) electrons. The van der Waals surface area contributed by atoms with Crippen LogP contribution < -0.4 is 5.32 Å². The van der Waals surface area contributed by atoms with Crippen molar-refractivity contribution in [2.75, 3.05) is 19.6 Å². The SMILES string of the molecule is CCC(NCC(C)N1CCCCC1)c1ccc(Cl)c(Cl)c1. The highest BCUT2D eigenvalue weighted by molar-refractivity contribution is 6.42. The van der Waals surface area contributed by atoms with Gasteiger partial charge in [-0.3, -0.25) is 4.90 Å². The molecule has 2 unspecified atom stereocenters. The number of nitrogens with one attached hydrogen (secondary N) is 1. The zero-order chi connectivity index (χ0) is 15.2. The maximum atomic E-state index is 6.13. The summed E-state index contributed by atoms with van der Waals surface area (Å²) >= 11 is 12.1. The molecule has 0 aliphatic carbocycles. The Morgan fingerprint density at radius 1 is 1.14 bits per heavy atom. The number of rotatable bonds is 6. The van der Waals surface area contributed by atoms with E-state index in [2.05, 4.69) is 30.1 Å². The van der Waals surface area contributed by atoms with E-state index in [9.17, 15) is 0 Å². The van der Waals surface area contributed by atoms with Crippen molar-refractivity contribution in [1.82, 2.24) is 10.2 Å². The Bertz CT molecular complexity index is 444. The second kappa shape index (κ2) is 8.38. The van der Waals surface area contributed by atoms with Crippen molar-refractivity contribution in [2.24, 2.45) is 0 Å². The summed E-state index contributed by atoms with van der Waals surface area (Å²) in [5.74, 6) is 0. The molecule has 0 bridgehead atoms. The quantitative estimate of drug-likeness (QED) is 0.798. The van der Waals surface area contributed by atoms with Gasteiger partial charge in [0.15, 0.2) is 0 Å². The lowest BCUT2D eigenvalue weighted by Gasteiger charge is -2.33. The van der Waals surface area contributed by atoms with Crippen molar-refractivity contribution in [3.63, 3.8) is 0 Å². The van der Waals surface area contributed by atoms with Gasteiger partial charge in [-0.1, -0.05) is 42.6 Å². The first-order valence-electron chi connectivity index (χ1n) is 8.04. The van der Waals surface area contributed by atoms with Crippen LogP contribution in [0.4, 0.5) is 0 Å². The van der Waals surface area contributed by atoms with Gasteiger partial charge in [0.1, 0.15) is 0 Å². The third-order valence-corrected chi connectivity index (χ3v) is 5.17. The summed E-state index contributed by atoms with van der Waals surface area (Å²) in [5.41, 5.74) is 1.22. The number of hydrogen-bond donors (Lipinski definition) is 1. The lowest BCUT2D eigenvalue weighted by Crippen LogP contribution is -2.43. The standard InChI is InChI=1S/C17H26Cl2N2/c1-3-17(14-7-8-15(18)16(19)11-14)20-12-13(2)21-9-5-4-6-10-21/h7-8,11,13,17,20H,3-6,9-10,12H2,1-2H3. The molecular weight excluding hydrogens is 303 g/mol. The van der Waals surface area contributed by atoms with Gasteiger partial charge in [0.2, 0.25) is 0 Å². The lowest BCUT2D eigenvalue weighted by molar-refractivity contribution is 0.167. The van der Waals surface area contributed by atoms with Crippen molar-refractivity contribution < 1.29 is 0 Å². The Balaban J connectivity index is 1.90. The second-order valence-corrected chi connectivity index (χ2v) is 6.80. The molecule has 21 heavy (non-hydrogen) atoms. The van der Waals surface area contributed by atoms with Gasteiger partial charge in [0.05, 0.1) is 10.0 Å². The molecule has 2 nitrogen and oxygen atoms in total. The zero-order valence-electron chi connectivity index (χ0n) is 13.0. The summed E-state index contributed by atoms with van der Waals surface area (Å²) in [5, 5.41) is 4.95. The molecule has 2 rings (SSSR count). The monoisotopic (exact) mass is 328 g/mol.